The molecular formula is C22H18N4O2S. The van der Waals surface area contributed by atoms with E-state index in [-0.39, 0.29) is 12.4 Å². The Morgan fingerprint density at radius 3 is 2.79 bits per heavy atom. The third-order valence-corrected chi connectivity index (χ3v) is 5.48. The summed E-state index contributed by atoms with van der Waals surface area (Å²) in [5.41, 5.74) is 3.89. The Kier molecular flexibility index (Phi) is 5.10. The average Bonchev–Trinajstić information content (AvgIpc) is 3.32. The molecule has 0 aliphatic rings. The van der Waals surface area contributed by atoms with Crippen LogP contribution in [0.1, 0.15) is 38.2 Å². The van der Waals surface area contributed by atoms with E-state index in [1.165, 1.54) is 11.3 Å². The number of imidazole rings is 1. The number of para-hydroxylation sites is 1. The van der Waals surface area contributed by atoms with Gasteiger partial charge in [0.2, 0.25) is 0 Å². The van der Waals surface area contributed by atoms with Gasteiger partial charge in [0.05, 0.1) is 17.3 Å². The van der Waals surface area contributed by atoms with Gasteiger partial charge in [0.25, 0.3) is 0 Å². The predicted octanol–water partition coefficient (Wildman–Crippen LogP) is 4.48. The quantitative estimate of drug-likeness (QED) is 0.444. The van der Waals surface area contributed by atoms with E-state index in [9.17, 15) is 10.1 Å². The van der Waals surface area contributed by atoms with Crippen molar-refractivity contribution in [3.63, 3.8) is 0 Å². The van der Waals surface area contributed by atoms with E-state index in [1.807, 2.05) is 48.2 Å². The topological polar surface area (TPSA) is 80.3 Å². The number of nitriles is 1. The molecule has 0 N–H and O–H groups in total. The number of rotatable bonds is 6. The molecule has 1 atom stereocenters. The summed E-state index contributed by atoms with van der Waals surface area (Å²) in [5, 5.41) is 11.9. The molecule has 0 aliphatic heterocycles. The molecule has 1 aromatic carbocycles. The fourth-order valence-electron chi connectivity index (χ4n) is 3.06. The SMILES string of the molecule is Cc1ccc2nc(COc3ccccc3C(=O)[C@H](C#N)c3nc(C)cs3)cn2c1. The number of ether oxygens (including phenoxy) is 1. The maximum atomic E-state index is 13.0. The monoisotopic (exact) mass is 402 g/mol. The third kappa shape index (κ3) is 3.89. The van der Waals surface area contributed by atoms with Crippen LogP contribution in [0.15, 0.2) is 54.2 Å². The van der Waals surface area contributed by atoms with Crippen LogP contribution in [0.2, 0.25) is 0 Å². The first-order chi connectivity index (χ1) is 14.0. The van der Waals surface area contributed by atoms with E-state index in [1.54, 1.807) is 24.3 Å². The molecule has 4 rings (SSSR count). The van der Waals surface area contributed by atoms with E-state index in [0.717, 1.165) is 22.6 Å². The van der Waals surface area contributed by atoms with Crippen LogP contribution in [0, 0.1) is 25.2 Å². The maximum Gasteiger partial charge on any atom is 0.190 e. The number of hydrogen-bond acceptors (Lipinski definition) is 6. The Balaban J connectivity index is 1.57. The molecule has 3 aromatic heterocycles. The van der Waals surface area contributed by atoms with Gasteiger partial charge in [-0.1, -0.05) is 18.2 Å². The lowest BCUT2D eigenvalue weighted by Crippen LogP contribution is -2.13. The van der Waals surface area contributed by atoms with Gasteiger partial charge in [-0.2, -0.15) is 5.26 Å². The minimum absolute atomic E-state index is 0.221. The Morgan fingerprint density at radius 2 is 2.03 bits per heavy atom. The number of ketones is 1. The maximum absolute atomic E-state index is 13.0. The Labute approximate surface area is 172 Å². The molecule has 0 fully saturated rings. The molecule has 4 aromatic rings. The van der Waals surface area contributed by atoms with Gasteiger partial charge in [0, 0.05) is 23.5 Å². The number of aromatic nitrogens is 3. The largest absolute Gasteiger partial charge is 0.486 e. The molecule has 0 saturated heterocycles. The summed E-state index contributed by atoms with van der Waals surface area (Å²) in [6.45, 7) is 4.08. The first-order valence-corrected chi connectivity index (χ1v) is 9.95. The van der Waals surface area contributed by atoms with Crippen molar-refractivity contribution in [1.29, 1.82) is 5.26 Å². The van der Waals surface area contributed by atoms with Crippen molar-refractivity contribution in [2.45, 2.75) is 26.4 Å². The number of fused-ring (bicyclic) bond motifs is 1. The average molecular weight is 402 g/mol. The van der Waals surface area contributed by atoms with Gasteiger partial charge in [-0.25, -0.2) is 9.97 Å². The fourth-order valence-corrected chi connectivity index (χ4v) is 3.90. The summed E-state index contributed by atoms with van der Waals surface area (Å²) in [6.07, 6.45) is 3.90. The number of carbonyl (C=O) groups excluding carboxylic acids is 1. The summed E-state index contributed by atoms with van der Waals surface area (Å²) >= 11 is 1.32. The highest BCUT2D eigenvalue weighted by Gasteiger charge is 2.27. The number of thiazole rings is 1. The highest BCUT2D eigenvalue weighted by molar-refractivity contribution is 7.10. The minimum atomic E-state index is -0.948. The van der Waals surface area contributed by atoms with E-state index in [2.05, 4.69) is 16.0 Å². The number of aryl methyl sites for hydroxylation is 2. The number of benzene rings is 1. The second kappa shape index (κ2) is 7.86. The Hall–Kier alpha value is -3.50. The number of nitrogens with zero attached hydrogens (tertiary/aromatic N) is 4. The molecule has 0 spiro atoms. The number of Topliss-reactive ketones (excluding diaryl/α,β-unsaturated/α-hetero) is 1. The van der Waals surface area contributed by atoms with Gasteiger partial charge < -0.3 is 9.14 Å². The van der Waals surface area contributed by atoms with E-state index in [4.69, 9.17) is 4.74 Å². The van der Waals surface area contributed by atoms with Crippen LogP contribution < -0.4 is 4.74 Å². The molecule has 29 heavy (non-hydrogen) atoms. The molecule has 3 heterocycles. The van der Waals surface area contributed by atoms with Crippen LogP contribution in [0.4, 0.5) is 0 Å². The van der Waals surface area contributed by atoms with Gasteiger partial charge in [-0.05, 0) is 37.6 Å². The zero-order valence-corrected chi connectivity index (χ0v) is 16.8. The van der Waals surface area contributed by atoms with E-state index < -0.39 is 5.92 Å². The molecule has 0 aliphatic carbocycles. The number of carbonyl (C=O) groups is 1. The van der Waals surface area contributed by atoms with Crippen molar-refractivity contribution in [3.05, 3.63) is 81.7 Å². The molecule has 7 heteroatoms. The van der Waals surface area contributed by atoms with Crippen molar-refractivity contribution in [2.75, 3.05) is 0 Å². The van der Waals surface area contributed by atoms with Crippen molar-refractivity contribution >= 4 is 22.8 Å². The molecule has 0 bridgehead atoms. The highest BCUT2D eigenvalue weighted by Crippen LogP contribution is 2.28. The van der Waals surface area contributed by atoms with Crippen LogP contribution >= 0.6 is 11.3 Å². The standard InChI is InChI=1S/C22H18N4O2S/c1-14-7-8-20-25-16(11-26(20)10-14)12-28-19-6-4-3-5-17(19)21(27)18(9-23)22-24-15(2)13-29-22/h3-8,10-11,13,18H,12H2,1-2H3/t18-/m0/s1. The van der Waals surface area contributed by atoms with Crippen molar-refractivity contribution in [1.82, 2.24) is 14.4 Å². The summed E-state index contributed by atoms with van der Waals surface area (Å²) in [6, 6.07) is 13.0. The highest BCUT2D eigenvalue weighted by atomic mass is 32.1. The predicted molar refractivity (Wildman–Crippen MR) is 110 cm³/mol. The van der Waals surface area contributed by atoms with Gasteiger partial charge in [0.1, 0.15) is 23.0 Å². The van der Waals surface area contributed by atoms with E-state index >= 15 is 0 Å². The number of pyridine rings is 1. The van der Waals surface area contributed by atoms with Gasteiger partial charge >= 0.3 is 0 Å². The molecule has 0 amide bonds. The van der Waals surface area contributed by atoms with Crippen LogP contribution in [0.5, 0.6) is 5.75 Å². The summed E-state index contributed by atoms with van der Waals surface area (Å²) in [4.78, 5) is 21.9. The van der Waals surface area contributed by atoms with Gasteiger partial charge in [-0.3, -0.25) is 4.79 Å². The molecule has 0 unspecified atom stereocenters. The van der Waals surface area contributed by atoms with Crippen molar-refractivity contribution < 1.29 is 9.53 Å². The molecular weight excluding hydrogens is 384 g/mol. The Morgan fingerprint density at radius 1 is 1.21 bits per heavy atom. The second-order valence-electron chi connectivity index (χ2n) is 6.74. The molecule has 144 valence electrons. The third-order valence-electron chi connectivity index (χ3n) is 4.45. The zero-order chi connectivity index (χ0) is 20.4. The Bertz CT molecular complexity index is 1240. The molecule has 0 radical (unpaired) electrons. The normalized spacial score (nSPS) is 11.9. The lowest BCUT2D eigenvalue weighted by molar-refractivity contribution is 0.0974. The molecule has 6 nitrogen and oxygen atoms in total. The van der Waals surface area contributed by atoms with E-state index in [0.29, 0.717) is 16.3 Å². The first kappa shape index (κ1) is 18.8. The van der Waals surface area contributed by atoms with Crippen LogP contribution in [0.3, 0.4) is 0 Å². The number of hydrogen-bond donors (Lipinski definition) is 0. The lowest BCUT2D eigenvalue weighted by Gasteiger charge is -2.11. The summed E-state index contributed by atoms with van der Waals surface area (Å²) < 4.78 is 7.86. The van der Waals surface area contributed by atoms with Crippen molar-refractivity contribution in [2.24, 2.45) is 0 Å². The summed E-state index contributed by atoms with van der Waals surface area (Å²) in [7, 11) is 0. The first-order valence-electron chi connectivity index (χ1n) is 9.07. The molecule has 0 saturated carbocycles. The lowest BCUT2D eigenvalue weighted by atomic mass is 9.98. The zero-order valence-electron chi connectivity index (χ0n) is 16.0. The fraction of sp³-hybridized carbons (Fsp3) is 0.182. The minimum Gasteiger partial charge on any atom is -0.486 e. The van der Waals surface area contributed by atoms with Gasteiger partial charge in [0.15, 0.2) is 11.7 Å². The van der Waals surface area contributed by atoms with Crippen LogP contribution in [-0.4, -0.2) is 20.2 Å². The summed E-state index contributed by atoms with van der Waals surface area (Å²) in [5.74, 6) is -0.834. The van der Waals surface area contributed by atoms with Gasteiger partial charge in [-0.15, -0.1) is 11.3 Å². The van der Waals surface area contributed by atoms with Crippen LogP contribution in [0.25, 0.3) is 5.65 Å². The van der Waals surface area contributed by atoms with Crippen molar-refractivity contribution in [3.8, 4) is 11.8 Å². The second-order valence-corrected chi connectivity index (χ2v) is 7.63. The van der Waals surface area contributed by atoms with Crippen LogP contribution in [-0.2, 0) is 6.61 Å². The smallest absolute Gasteiger partial charge is 0.190 e.